The van der Waals surface area contributed by atoms with Crippen molar-refractivity contribution in [1.82, 2.24) is 19.9 Å². The van der Waals surface area contributed by atoms with Gasteiger partial charge >= 0.3 is 0 Å². The third kappa shape index (κ3) is 3.08. The fourth-order valence-corrected chi connectivity index (χ4v) is 3.62. The van der Waals surface area contributed by atoms with Gasteiger partial charge in [-0.2, -0.15) is 0 Å². The molecule has 0 fully saturated rings. The second-order valence-corrected chi connectivity index (χ2v) is 7.06. The molecule has 0 unspecified atom stereocenters. The summed E-state index contributed by atoms with van der Waals surface area (Å²) < 4.78 is 0. The summed E-state index contributed by atoms with van der Waals surface area (Å²) in [5.41, 5.74) is 15.5. The SMILES string of the molecule is Nc1ccc(-c2ncc3c(n2)CCN(Cc2cnc(N)s2)C3)cc1. The van der Waals surface area contributed by atoms with E-state index in [0.29, 0.717) is 5.13 Å². The molecule has 6 nitrogen and oxygen atoms in total. The first-order valence-corrected chi connectivity index (χ1v) is 8.62. The number of hydrogen-bond acceptors (Lipinski definition) is 7. The Kier molecular flexibility index (Phi) is 3.87. The number of nitrogens with zero attached hydrogens (tertiary/aromatic N) is 4. The van der Waals surface area contributed by atoms with Crippen molar-refractivity contribution < 1.29 is 0 Å². The monoisotopic (exact) mass is 338 g/mol. The van der Waals surface area contributed by atoms with Gasteiger partial charge in [-0.15, -0.1) is 11.3 Å². The van der Waals surface area contributed by atoms with Crippen LogP contribution in [-0.2, 0) is 19.5 Å². The highest BCUT2D eigenvalue weighted by molar-refractivity contribution is 7.15. The maximum Gasteiger partial charge on any atom is 0.180 e. The van der Waals surface area contributed by atoms with Gasteiger partial charge in [0, 0.05) is 60.1 Å². The molecule has 4 rings (SSSR count). The first-order valence-electron chi connectivity index (χ1n) is 7.80. The normalized spacial score (nSPS) is 14.5. The Bertz CT molecular complexity index is 858. The lowest BCUT2D eigenvalue weighted by Gasteiger charge is -2.27. The largest absolute Gasteiger partial charge is 0.399 e. The standard InChI is InChI=1S/C17H18N6S/c18-13-3-1-11(2-4-13)16-20-7-12-9-23(6-5-15(12)22-16)10-14-8-21-17(19)24-14/h1-4,7-8H,5-6,9-10,18H2,(H2,19,21). The summed E-state index contributed by atoms with van der Waals surface area (Å²) in [7, 11) is 0. The van der Waals surface area contributed by atoms with Crippen LogP contribution in [0.4, 0.5) is 10.8 Å². The summed E-state index contributed by atoms with van der Waals surface area (Å²) in [6.45, 7) is 2.70. The molecule has 2 aromatic heterocycles. The van der Waals surface area contributed by atoms with Crippen molar-refractivity contribution in [3.05, 3.63) is 52.8 Å². The minimum Gasteiger partial charge on any atom is -0.399 e. The molecular formula is C17H18N6S. The predicted octanol–water partition coefficient (Wildman–Crippen LogP) is 2.32. The Morgan fingerprint density at radius 3 is 2.67 bits per heavy atom. The Morgan fingerprint density at radius 1 is 1.08 bits per heavy atom. The fourth-order valence-electron chi connectivity index (χ4n) is 2.90. The number of nitrogens with two attached hydrogens (primary N) is 2. The summed E-state index contributed by atoms with van der Waals surface area (Å²) in [5.74, 6) is 0.762. The number of hydrogen-bond donors (Lipinski definition) is 2. The van der Waals surface area contributed by atoms with E-state index in [-0.39, 0.29) is 0 Å². The third-order valence-corrected chi connectivity index (χ3v) is 4.94. The van der Waals surface area contributed by atoms with Crippen LogP contribution >= 0.6 is 11.3 Å². The lowest BCUT2D eigenvalue weighted by Crippen LogP contribution is -2.30. The zero-order valence-electron chi connectivity index (χ0n) is 13.1. The van der Waals surface area contributed by atoms with E-state index in [9.17, 15) is 0 Å². The molecule has 0 saturated carbocycles. The Labute approximate surface area is 144 Å². The molecule has 0 aliphatic carbocycles. The van der Waals surface area contributed by atoms with Crippen molar-refractivity contribution in [2.24, 2.45) is 0 Å². The molecule has 0 radical (unpaired) electrons. The summed E-state index contributed by atoms with van der Waals surface area (Å²) in [6.07, 6.45) is 4.73. The van der Waals surface area contributed by atoms with Gasteiger partial charge in [0.1, 0.15) is 0 Å². The van der Waals surface area contributed by atoms with E-state index in [1.165, 1.54) is 10.4 Å². The third-order valence-electron chi connectivity index (χ3n) is 4.13. The highest BCUT2D eigenvalue weighted by Crippen LogP contribution is 2.24. The first-order chi connectivity index (χ1) is 11.7. The van der Waals surface area contributed by atoms with Gasteiger partial charge in [0.25, 0.3) is 0 Å². The molecule has 24 heavy (non-hydrogen) atoms. The number of fused-ring (bicyclic) bond motifs is 1. The van der Waals surface area contributed by atoms with Crippen LogP contribution in [0.1, 0.15) is 16.1 Å². The second kappa shape index (κ2) is 6.18. The van der Waals surface area contributed by atoms with Gasteiger partial charge in [-0.1, -0.05) is 0 Å². The van der Waals surface area contributed by atoms with Crippen molar-refractivity contribution in [1.29, 1.82) is 0 Å². The average molecular weight is 338 g/mol. The molecule has 1 aliphatic rings. The minimum absolute atomic E-state index is 0.624. The Hall–Kier alpha value is -2.51. The lowest BCUT2D eigenvalue weighted by molar-refractivity contribution is 0.245. The van der Waals surface area contributed by atoms with Gasteiger partial charge in [-0.3, -0.25) is 4.90 Å². The van der Waals surface area contributed by atoms with Gasteiger partial charge in [0.05, 0.1) is 5.69 Å². The maximum absolute atomic E-state index is 5.74. The molecule has 1 aliphatic heterocycles. The highest BCUT2D eigenvalue weighted by atomic mass is 32.1. The maximum atomic E-state index is 5.74. The van der Waals surface area contributed by atoms with E-state index in [0.717, 1.165) is 48.8 Å². The lowest BCUT2D eigenvalue weighted by atomic mass is 10.1. The number of thiazole rings is 1. The van der Waals surface area contributed by atoms with Crippen LogP contribution in [0.15, 0.2) is 36.7 Å². The summed E-state index contributed by atoms with van der Waals surface area (Å²) in [6, 6.07) is 7.67. The number of anilines is 2. The molecule has 0 saturated heterocycles. The van der Waals surface area contributed by atoms with Crippen molar-refractivity contribution >= 4 is 22.2 Å². The molecule has 0 amide bonds. The Morgan fingerprint density at radius 2 is 1.92 bits per heavy atom. The second-order valence-electron chi connectivity index (χ2n) is 5.91. The molecule has 4 N–H and O–H groups in total. The molecule has 0 bridgehead atoms. The molecular weight excluding hydrogens is 320 g/mol. The summed E-state index contributed by atoms with van der Waals surface area (Å²) >= 11 is 1.55. The molecule has 122 valence electrons. The Balaban J connectivity index is 1.52. The number of aromatic nitrogens is 3. The van der Waals surface area contributed by atoms with E-state index in [1.807, 2.05) is 36.7 Å². The van der Waals surface area contributed by atoms with Crippen molar-refractivity contribution in [3.8, 4) is 11.4 Å². The van der Waals surface area contributed by atoms with Gasteiger partial charge in [0.15, 0.2) is 11.0 Å². The van der Waals surface area contributed by atoms with Gasteiger partial charge < -0.3 is 11.5 Å². The molecule has 3 heterocycles. The van der Waals surface area contributed by atoms with Crippen LogP contribution in [0.5, 0.6) is 0 Å². The van der Waals surface area contributed by atoms with Crippen LogP contribution < -0.4 is 11.5 Å². The van der Waals surface area contributed by atoms with Crippen molar-refractivity contribution in [3.63, 3.8) is 0 Å². The molecule has 0 spiro atoms. The van der Waals surface area contributed by atoms with E-state index in [4.69, 9.17) is 16.5 Å². The molecule has 0 atom stereocenters. The van der Waals surface area contributed by atoms with Crippen LogP contribution in [-0.4, -0.2) is 26.4 Å². The van der Waals surface area contributed by atoms with Crippen LogP contribution in [0.3, 0.4) is 0 Å². The van der Waals surface area contributed by atoms with Crippen LogP contribution in [0, 0.1) is 0 Å². The van der Waals surface area contributed by atoms with E-state index in [2.05, 4.69) is 14.9 Å². The minimum atomic E-state index is 0.624. The van der Waals surface area contributed by atoms with Crippen molar-refractivity contribution in [2.45, 2.75) is 19.5 Å². The zero-order chi connectivity index (χ0) is 16.5. The van der Waals surface area contributed by atoms with Crippen LogP contribution in [0.2, 0.25) is 0 Å². The highest BCUT2D eigenvalue weighted by Gasteiger charge is 2.19. The number of rotatable bonds is 3. The zero-order valence-corrected chi connectivity index (χ0v) is 14.0. The van der Waals surface area contributed by atoms with Gasteiger partial charge in [-0.25, -0.2) is 15.0 Å². The topological polar surface area (TPSA) is 94.0 Å². The number of benzene rings is 1. The predicted molar refractivity (Wildman–Crippen MR) is 96.2 cm³/mol. The fraction of sp³-hybridized carbons (Fsp3) is 0.235. The molecule has 7 heteroatoms. The first kappa shape index (κ1) is 15.0. The smallest absolute Gasteiger partial charge is 0.180 e. The summed E-state index contributed by atoms with van der Waals surface area (Å²) in [5, 5.41) is 0.624. The van der Waals surface area contributed by atoms with E-state index >= 15 is 0 Å². The summed E-state index contributed by atoms with van der Waals surface area (Å²) in [4.78, 5) is 17.0. The average Bonchev–Trinajstić information content (AvgIpc) is 3.00. The molecule has 1 aromatic carbocycles. The quantitative estimate of drug-likeness (QED) is 0.712. The number of nitrogen functional groups attached to an aromatic ring is 2. The van der Waals surface area contributed by atoms with Crippen LogP contribution in [0.25, 0.3) is 11.4 Å². The van der Waals surface area contributed by atoms with E-state index < -0.39 is 0 Å². The molecule has 3 aromatic rings. The van der Waals surface area contributed by atoms with Gasteiger partial charge in [-0.05, 0) is 24.3 Å². The van der Waals surface area contributed by atoms with Gasteiger partial charge in [0.2, 0.25) is 0 Å². The van der Waals surface area contributed by atoms with E-state index in [1.54, 1.807) is 11.3 Å². The van der Waals surface area contributed by atoms with Crippen molar-refractivity contribution in [2.75, 3.05) is 18.0 Å².